The van der Waals surface area contributed by atoms with Gasteiger partial charge < -0.3 is 0 Å². The Bertz CT molecular complexity index is 4770. The summed E-state index contributed by atoms with van der Waals surface area (Å²) in [6, 6.07) is 11.6. The average Bonchev–Trinajstić information content (AvgIpc) is 1.35. The van der Waals surface area contributed by atoms with Gasteiger partial charge in [-0.3, -0.25) is 0 Å². The van der Waals surface area contributed by atoms with Gasteiger partial charge >= 0.3 is 645 Å². The molecule has 1 aliphatic carbocycles. The van der Waals surface area contributed by atoms with Crippen molar-refractivity contribution in [3.8, 4) is 0 Å². The Morgan fingerprint density at radius 1 is 0.557 bits per heavy atom. The number of aliphatic carboxylic acids is 1. The molecule has 0 amide bonds. The number of aliphatic hydroxyl groups is 9. The van der Waals surface area contributed by atoms with Crippen molar-refractivity contribution in [2.24, 2.45) is 0 Å². The molecule has 0 bridgehead atoms. The van der Waals surface area contributed by atoms with Crippen molar-refractivity contribution in [2.75, 3.05) is 65.6 Å². The summed E-state index contributed by atoms with van der Waals surface area (Å²) in [5, 5.41) is 161. The number of halogens is 1. The van der Waals surface area contributed by atoms with Gasteiger partial charge in [0.1, 0.15) is 0 Å². The number of aliphatic hydroxyl groups excluding tert-OH is 9. The monoisotopic (exact) mass is 1920 g/mol. The molecule has 11 atom stereocenters. The Morgan fingerprint density at radius 3 is 1.46 bits per heavy atom. The number of likely N-dealkylation sites (N-methyl/N-ethyl adjacent to an activating group) is 1. The molecular weight excluding hydrogens is 1850 g/mol. The zero-order valence-corrected chi connectivity index (χ0v) is 65.9. The van der Waals surface area contributed by atoms with Crippen molar-refractivity contribution in [1.29, 1.82) is 0 Å². The van der Waals surface area contributed by atoms with Gasteiger partial charge in [0.25, 0.3) is 0 Å². The van der Waals surface area contributed by atoms with Gasteiger partial charge in [0.05, 0.1) is 0 Å². The van der Waals surface area contributed by atoms with Crippen LogP contribution in [0.3, 0.4) is 0 Å². The van der Waals surface area contributed by atoms with E-state index in [0.717, 1.165) is 24.3 Å². The summed E-state index contributed by atoms with van der Waals surface area (Å²) in [4.78, 5) is 66.9. The number of hydrogen-bond donors (Lipinski definition) is 13. The van der Waals surface area contributed by atoms with Crippen molar-refractivity contribution >= 4 is 215 Å². The van der Waals surface area contributed by atoms with Gasteiger partial charge in [-0.1, -0.05) is 0 Å². The summed E-state index contributed by atoms with van der Waals surface area (Å²) in [6.07, 6.45) is -5.24. The molecule has 3 aliphatic rings. The van der Waals surface area contributed by atoms with Crippen LogP contribution in [0.25, 0.3) is 55.2 Å². The molecule has 43 nitrogen and oxygen atoms in total. The molecule has 7 heterocycles. The molecular formula is C57H65IN20O23Se5. The molecule has 5 aromatic heterocycles. The van der Waals surface area contributed by atoms with Crippen LogP contribution in [0.15, 0.2) is 54.6 Å². The Morgan fingerprint density at radius 2 is 0.981 bits per heavy atom. The number of nitrogens with one attached hydrogen (secondary N) is 3. The molecule has 13 N–H and O–H groups in total. The normalized spacial score (nSPS) is 21.0. The molecule has 13 rings (SSSR count). The Balaban J connectivity index is 0.000000154. The van der Waals surface area contributed by atoms with Gasteiger partial charge in [0.2, 0.25) is 0 Å². The number of benzene rings is 5. The number of carboxylic acid groups (broad SMARTS) is 1. The number of ether oxygens (including phenoxy) is 2. The van der Waals surface area contributed by atoms with Crippen molar-refractivity contribution in [3.63, 3.8) is 0 Å². The molecule has 2 unspecified atom stereocenters. The van der Waals surface area contributed by atoms with Gasteiger partial charge in [-0.05, 0) is 0 Å². The number of nitro benzene ring substituents is 5. The second kappa shape index (κ2) is 37.5. The van der Waals surface area contributed by atoms with E-state index in [1.165, 1.54) is 68.5 Å². The Kier molecular flexibility index (Phi) is 29.2. The number of carboxylic acids is 1. The summed E-state index contributed by atoms with van der Waals surface area (Å²) < 4.78 is 52.5. The minimum atomic E-state index is -1.56. The third-order valence-corrected chi connectivity index (χ3v) is 23.3. The van der Waals surface area contributed by atoms with Crippen LogP contribution in [-0.2, 0) is 14.3 Å². The van der Waals surface area contributed by atoms with Crippen LogP contribution < -0.4 is 25.8 Å². The van der Waals surface area contributed by atoms with Crippen LogP contribution in [0.4, 0.5) is 56.9 Å². The van der Waals surface area contributed by atoms with Gasteiger partial charge in [0, 0.05) is 0 Å². The van der Waals surface area contributed by atoms with Crippen molar-refractivity contribution in [1.82, 2.24) is 39.8 Å². The second-order valence-corrected chi connectivity index (χ2v) is 30.0. The van der Waals surface area contributed by atoms with Crippen molar-refractivity contribution in [2.45, 2.75) is 126 Å². The van der Waals surface area contributed by atoms with E-state index < -0.39 is 146 Å². The SMILES string of the molecule is CCCNc1cc(I)c([N+](=O)[O-])c2n[se]nc12.CCN(c1ccc([N+](=O)[O-])c2n[se]nc12)[C@H]1C(O)O[C@H](CO)[C@@H](O)[C@@H]1O.CN(c1ccc([N+](=O)[O-])c2n[se]nc12)C1CCCCC1.O=C(O)[C@@H](O)CNc1ccc([N+](=O)[O-])c2n[se]nc12.O=[N+]([O-])c1ccc(N[C@H]2C(O)O[C@H](CO)[C@@H](O)[C@@H]2O)c2n[se]nc12. The van der Waals surface area contributed by atoms with Crippen molar-refractivity contribution < 1.29 is 90.0 Å². The van der Waals surface area contributed by atoms with E-state index in [9.17, 15) is 91.1 Å². The van der Waals surface area contributed by atoms with Crippen LogP contribution in [0, 0.1) is 54.1 Å². The van der Waals surface area contributed by atoms with E-state index in [-0.39, 0.29) is 96.8 Å². The molecule has 5 aromatic carbocycles. The molecule has 568 valence electrons. The third kappa shape index (κ3) is 18.6. The van der Waals surface area contributed by atoms with E-state index in [4.69, 9.17) is 24.8 Å². The number of anilines is 5. The van der Waals surface area contributed by atoms with Crippen LogP contribution >= 0.6 is 22.6 Å². The molecule has 106 heavy (non-hydrogen) atoms. The molecule has 10 aromatic rings. The fourth-order valence-electron chi connectivity index (χ4n) is 11.6. The predicted octanol–water partition coefficient (Wildman–Crippen LogP) is -0.134. The van der Waals surface area contributed by atoms with Gasteiger partial charge in [0.15, 0.2) is 0 Å². The fraction of sp³-hybridized carbons (Fsp3) is 0.456. The standard InChI is InChI=1S/C14H18N4O7Se.C13H16N4O2Se.C12H14N4O7Se.C9H9IN4O2Se.C9H8N4O5Se/c1-2-17(11-13(21)12(20)8(5-19)25-14(11)22)6-3-4-7(18(23)24)10-9(6)15-26-16-10;1-16(9-5-3-2-4-6-9)10-7-8-11(17(18)19)13-12(10)14-20-15-13;17-3-6-10(18)11(19)9(12(20)23-6)13-4-1-2-5(16(21)22)8-7(4)14-24-15-8;1-2-3-11-6-4-5(10)9(14(15)16)8-7(6)12-17-13-8;14-6(9(15)16)3-10-4-1-2-5(13(17)18)8-7(4)11-19-12-8/h3-4,8,11-14,19-22H,2,5H2,1H3;7-9H,2-6H2,1H3;1-2,6,9-13,17-20H,3H2;4,11H,2-3H2,1H3;1-2,6,10,14H,3H2,(H,15,16)/t8-,11-,12-,13-,14?;;6-,9-,10-,11-,12?;;6-/m1.1.0/s1. The predicted molar refractivity (Wildman–Crippen MR) is 389 cm³/mol. The molecule has 0 spiro atoms. The topological polar surface area (TPSA) is 625 Å². The molecule has 49 heteroatoms. The van der Waals surface area contributed by atoms with Crippen LogP contribution in [-0.4, -0.2) is 310 Å². The number of carbonyl (C=O) groups is 1. The summed E-state index contributed by atoms with van der Waals surface area (Å²) in [5.41, 5.74) is 6.37. The number of non-ortho nitro benzene ring substituents is 4. The zero-order valence-electron chi connectivity index (χ0n) is 55.2. The van der Waals surface area contributed by atoms with Gasteiger partial charge in [-0.2, -0.15) is 0 Å². The summed E-state index contributed by atoms with van der Waals surface area (Å²) in [6.45, 7) is 3.60. The van der Waals surface area contributed by atoms with Crippen molar-refractivity contribution in [3.05, 3.63) is 109 Å². The molecule has 2 saturated heterocycles. The first kappa shape index (κ1) is 82.5. The number of hydrogen-bond acceptors (Lipinski definition) is 37. The first-order valence-corrected chi connectivity index (χ1v) is 40.3. The molecule has 0 radical (unpaired) electrons. The number of nitrogens with zero attached hydrogens (tertiary/aromatic N) is 17. The van der Waals surface area contributed by atoms with E-state index in [1.54, 1.807) is 24.0 Å². The second-order valence-electron chi connectivity index (χ2n) is 23.3. The summed E-state index contributed by atoms with van der Waals surface area (Å²) in [7, 11) is 2.07. The van der Waals surface area contributed by atoms with E-state index in [0.29, 0.717) is 66.3 Å². The fourth-order valence-corrected chi connectivity index (χ4v) is 18.3. The van der Waals surface area contributed by atoms with Crippen LogP contribution in [0.2, 0.25) is 0 Å². The van der Waals surface area contributed by atoms with Crippen LogP contribution in [0.5, 0.6) is 0 Å². The number of nitro groups is 5. The quantitative estimate of drug-likeness (QED) is 0.0193. The minimum absolute atomic E-state index is 0.0731. The van der Waals surface area contributed by atoms with Crippen LogP contribution in [0.1, 0.15) is 52.4 Å². The summed E-state index contributed by atoms with van der Waals surface area (Å²) >= 11 is -0.0398. The number of aromatic nitrogens is 10. The third-order valence-electron chi connectivity index (χ3n) is 16.9. The van der Waals surface area contributed by atoms with E-state index in [1.807, 2.05) is 28.7 Å². The maximum atomic E-state index is 11.2. The Labute approximate surface area is 640 Å². The van der Waals surface area contributed by atoms with E-state index >= 15 is 0 Å². The average molecular weight is 1920 g/mol. The molecule has 1 saturated carbocycles. The molecule has 3 fully saturated rings. The van der Waals surface area contributed by atoms with E-state index in [2.05, 4.69) is 74.6 Å². The van der Waals surface area contributed by atoms with Gasteiger partial charge in [-0.25, -0.2) is 0 Å². The molecule has 2 aliphatic heterocycles. The number of rotatable bonds is 21. The number of fused-ring (bicyclic) bond motifs is 5. The summed E-state index contributed by atoms with van der Waals surface area (Å²) in [5.74, 6) is -1.35. The Hall–Kier alpha value is -7.54. The maximum absolute atomic E-state index is 11.2. The first-order valence-electron chi connectivity index (χ1n) is 31.6. The van der Waals surface area contributed by atoms with Gasteiger partial charge in [-0.15, -0.1) is 0 Å². The zero-order chi connectivity index (χ0) is 77.0. The first-order chi connectivity index (χ1) is 50.7.